The number of nitrogens with zero attached hydrogens (tertiary/aromatic N) is 4. The third-order valence-electron chi connectivity index (χ3n) is 3.87. The summed E-state index contributed by atoms with van der Waals surface area (Å²) >= 11 is 14.9. The van der Waals surface area contributed by atoms with E-state index in [0.717, 1.165) is 23.1 Å². The summed E-state index contributed by atoms with van der Waals surface area (Å²) in [7, 11) is 0. The summed E-state index contributed by atoms with van der Waals surface area (Å²) in [4.78, 5) is 16.8. The second-order valence-electron chi connectivity index (χ2n) is 6.24. The van der Waals surface area contributed by atoms with Gasteiger partial charge in [0.1, 0.15) is 5.82 Å². The van der Waals surface area contributed by atoms with Gasteiger partial charge in [0.05, 0.1) is 16.5 Å². The fourth-order valence-corrected chi connectivity index (χ4v) is 4.61. The zero-order valence-corrected chi connectivity index (χ0v) is 18.7. The SMILES string of the molecule is CCn1c(SCC(=O)Nc2nc(-c3ccc(Cl)cc3Cl)cs2)nnc1C(C)C. The van der Waals surface area contributed by atoms with E-state index in [4.69, 9.17) is 23.2 Å². The van der Waals surface area contributed by atoms with Crippen molar-refractivity contribution in [2.24, 2.45) is 0 Å². The Kier molecular flexibility index (Phi) is 6.98. The lowest BCUT2D eigenvalue weighted by molar-refractivity contribution is -0.113. The fraction of sp³-hybridized carbons (Fsp3) is 0.333. The summed E-state index contributed by atoms with van der Waals surface area (Å²) in [5.74, 6) is 1.29. The second kappa shape index (κ2) is 9.26. The van der Waals surface area contributed by atoms with Crippen LogP contribution < -0.4 is 5.32 Å². The van der Waals surface area contributed by atoms with E-state index in [2.05, 4.69) is 34.3 Å². The van der Waals surface area contributed by atoms with Crippen molar-refractivity contribution in [1.82, 2.24) is 19.7 Å². The van der Waals surface area contributed by atoms with E-state index in [-0.39, 0.29) is 17.6 Å². The topological polar surface area (TPSA) is 72.7 Å². The Bertz CT molecular complexity index is 986. The van der Waals surface area contributed by atoms with Crippen LogP contribution in [-0.4, -0.2) is 31.4 Å². The Balaban J connectivity index is 1.62. The molecule has 0 aliphatic carbocycles. The van der Waals surface area contributed by atoms with Crippen LogP contribution in [0.15, 0.2) is 28.7 Å². The predicted molar refractivity (Wildman–Crippen MR) is 117 cm³/mol. The first-order valence-corrected chi connectivity index (χ1v) is 11.3. The molecule has 0 atom stereocenters. The third kappa shape index (κ3) is 4.86. The number of carbonyl (C=O) groups excluding carboxylic acids is 1. The minimum Gasteiger partial charge on any atom is -0.306 e. The Morgan fingerprint density at radius 1 is 1.32 bits per heavy atom. The quantitative estimate of drug-likeness (QED) is 0.470. The first-order valence-electron chi connectivity index (χ1n) is 8.65. The van der Waals surface area contributed by atoms with Gasteiger partial charge in [-0.1, -0.05) is 48.8 Å². The largest absolute Gasteiger partial charge is 0.306 e. The Morgan fingerprint density at radius 2 is 2.11 bits per heavy atom. The van der Waals surface area contributed by atoms with Crippen LogP contribution in [0.4, 0.5) is 5.13 Å². The molecule has 0 fully saturated rings. The van der Waals surface area contributed by atoms with E-state index in [1.54, 1.807) is 12.1 Å². The Hall–Kier alpha value is -1.61. The molecule has 148 valence electrons. The number of aromatic nitrogens is 4. The van der Waals surface area contributed by atoms with Crippen molar-refractivity contribution in [3.05, 3.63) is 39.4 Å². The molecule has 0 aliphatic rings. The molecular weight excluding hydrogens is 437 g/mol. The number of benzene rings is 1. The first-order chi connectivity index (χ1) is 13.4. The normalized spacial score (nSPS) is 11.2. The van der Waals surface area contributed by atoms with Crippen molar-refractivity contribution in [2.75, 3.05) is 11.1 Å². The number of amides is 1. The standard InChI is InChI=1S/C18H19Cl2N5OS2/c1-4-25-16(10(2)3)23-24-18(25)28-9-15(26)22-17-21-14(8-27-17)12-6-5-11(19)7-13(12)20/h5-8,10H,4,9H2,1-3H3,(H,21,22,26). The molecule has 0 saturated carbocycles. The molecule has 0 unspecified atom stereocenters. The minimum atomic E-state index is -0.148. The molecule has 3 rings (SSSR count). The number of nitrogens with one attached hydrogen (secondary N) is 1. The highest BCUT2D eigenvalue weighted by Gasteiger charge is 2.16. The number of anilines is 1. The van der Waals surface area contributed by atoms with Gasteiger partial charge in [0.25, 0.3) is 0 Å². The van der Waals surface area contributed by atoms with Gasteiger partial charge in [-0.3, -0.25) is 4.79 Å². The lowest BCUT2D eigenvalue weighted by Gasteiger charge is -2.08. The molecule has 0 spiro atoms. The molecule has 6 nitrogen and oxygen atoms in total. The van der Waals surface area contributed by atoms with Crippen molar-refractivity contribution in [3.63, 3.8) is 0 Å². The fourth-order valence-electron chi connectivity index (χ4n) is 2.57. The minimum absolute atomic E-state index is 0.148. The summed E-state index contributed by atoms with van der Waals surface area (Å²) in [6.07, 6.45) is 0. The highest BCUT2D eigenvalue weighted by Crippen LogP contribution is 2.32. The van der Waals surface area contributed by atoms with Gasteiger partial charge < -0.3 is 9.88 Å². The third-order valence-corrected chi connectivity index (χ3v) is 6.14. The molecular formula is C18H19Cl2N5OS2. The molecule has 10 heteroatoms. The smallest absolute Gasteiger partial charge is 0.236 e. The van der Waals surface area contributed by atoms with Crippen LogP contribution in [-0.2, 0) is 11.3 Å². The summed E-state index contributed by atoms with van der Waals surface area (Å²) in [5, 5.41) is 15.5. The van der Waals surface area contributed by atoms with Crippen LogP contribution >= 0.6 is 46.3 Å². The molecule has 3 aromatic rings. The number of halogens is 2. The molecule has 0 aliphatic heterocycles. The average molecular weight is 456 g/mol. The van der Waals surface area contributed by atoms with Gasteiger partial charge in [-0.2, -0.15) is 0 Å². The van der Waals surface area contributed by atoms with Crippen molar-refractivity contribution in [2.45, 2.75) is 38.4 Å². The number of hydrogen-bond donors (Lipinski definition) is 1. The van der Waals surface area contributed by atoms with Gasteiger partial charge in [-0.15, -0.1) is 21.5 Å². The maximum Gasteiger partial charge on any atom is 0.236 e. The number of rotatable bonds is 7. The molecule has 0 radical (unpaired) electrons. The zero-order valence-electron chi connectivity index (χ0n) is 15.6. The summed E-state index contributed by atoms with van der Waals surface area (Å²) in [6, 6.07) is 5.24. The highest BCUT2D eigenvalue weighted by molar-refractivity contribution is 7.99. The monoisotopic (exact) mass is 455 g/mol. The maximum atomic E-state index is 12.3. The van der Waals surface area contributed by atoms with Gasteiger partial charge in [-0.05, 0) is 25.1 Å². The van der Waals surface area contributed by atoms with Gasteiger partial charge in [0, 0.05) is 28.4 Å². The van der Waals surface area contributed by atoms with Crippen LogP contribution in [0.25, 0.3) is 11.3 Å². The van der Waals surface area contributed by atoms with E-state index in [9.17, 15) is 4.79 Å². The van der Waals surface area contributed by atoms with Gasteiger partial charge in [0.15, 0.2) is 10.3 Å². The van der Waals surface area contributed by atoms with E-state index >= 15 is 0 Å². The average Bonchev–Trinajstić information content (AvgIpc) is 3.26. The van der Waals surface area contributed by atoms with Crippen molar-refractivity contribution in [3.8, 4) is 11.3 Å². The van der Waals surface area contributed by atoms with Crippen molar-refractivity contribution in [1.29, 1.82) is 0 Å². The molecule has 28 heavy (non-hydrogen) atoms. The molecule has 2 aromatic heterocycles. The summed E-state index contributed by atoms with van der Waals surface area (Å²) in [6.45, 7) is 6.95. The van der Waals surface area contributed by atoms with Gasteiger partial charge >= 0.3 is 0 Å². The summed E-state index contributed by atoms with van der Waals surface area (Å²) in [5.41, 5.74) is 1.47. The Labute approximate surface area is 181 Å². The van der Waals surface area contributed by atoms with Crippen LogP contribution in [0.1, 0.15) is 32.5 Å². The zero-order chi connectivity index (χ0) is 20.3. The number of carbonyl (C=O) groups is 1. The van der Waals surface area contributed by atoms with Crippen molar-refractivity contribution < 1.29 is 4.79 Å². The number of thioether (sulfide) groups is 1. The van der Waals surface area contributed by atoms with Crippen LogP contribution in [0.2, 0.25) is 10.0 Å². The second-order valence-corrected chi connectivity index (χ2v) is 8.88. The number of hydrogen-bond acceptors (Lipinski definition) is 6. The van der Waals surface area contributed by atoms with Gasteiger partial charge in [0.2, 0.25) is 5.91 Å². The lowest BCUT2D eigenvalue weighted by atomic mass is 10.2. The van der Waals surface area contributed by atoms with Crippen LogP contribution in [0.5, 0.6) is 0 Å². The predicted octanol–water partition coefficient (Wildman–Crippen LogP) is 5.58. The Morgan fingerprint density at radius 3 is 2.79 bits per heavy atom. The highest BCUT2D eigenvalue weighted by atomic mass is 35.5. The molecule has 1 N–H and O–H groups in total. The van der Waals surface area contributed by atoms with Crippen molar-refractivity contribution >= 4 is 57.3 Å². The molecule has 0 bridgehead atoms. The van der Waals surface area contributed by atoms with E-state index in [1.165, 1.54) is 23.1 Å². The molecule has 0 saturated heterocycles. The van der Waals surface area contributed by atoms with Gasteiger partial charge in [-0.25, -0.2) is 4.98 Å². The van der Waals surface area contributed by atoms with Crippen LogP contribution in [0.3, 0.4) is 0 Å². The number of thiazole rings is 1. The van der Waals surface area contributed by atoms with E-state index in [1.807, 2.05) is 22.9 Å². The van der Waals surface area contributed by atoms with Crippen LogP contribution in [0, 0.1) is 0 Å². The summed E-state index contributed by atoms with van der Waals surface area (Å²) < 4.78 is 2.03. The first kappa shape index (κ1) is 21.1. The van der Waals surface area contributed by atoms with E-state index < -0.39 is 0 Å². The van der Waals surface area contributed by atoms with E-state index in [0.29, 0.717) is 20.9 Å². The molecule has 2 heterocycles. The maximum absolute atomic E-state index is 12.3. The lowest BCUT2D eigenvalue weighted by Crippen LogP contribution is -2.14. The molecule has 1 amide bonds. The molecule has 1 aromatic carbocycles.